The highest BCUT2D eigenvalue weighted by molar-refractivity contribution is 7.98. The third-order valence-corrected chi connectivity index (χ3v) is 4.96. The van der Waals surface area contributed by atoms with Gasteiger partial charge in [0.2, 0.25) is 0 Å². The Labute approximate surface area is 143 Å². The van der Waals surface area contributed by atoms with E-state index >= 15 is 0 Å². The lowest BCUT2D eigenvalue weighted by molar-refractivity contribution is 0.623. The molecular formula is C18H28FN3S. The maximum Gasteiger partial charge on any atom is 0.191 e. The van der Waals surface area contributed by atoms with E-state index in [2.05, 4.69) is 23.8 Å². The summed E-state index contributed by atoms with van der Waals surface area (Å²) in [6.45, 7) is 4.66. The number of aliphatic imine (C=N–C) groups is 1. The number of hydrogen-bond acceptors (Lipinski definition) is 2. The Hall–Kier alpha value is -1.23. The van der Waals surface area contributed by atoms with E-state index in [1.807, 2.05) is 23.9 Å². The van der Waals surface area contributed by atoms with Crippen molar-refractivity contribution in [1.82, 2.24) is 10.6 Å². The number of rotatable bonds is 9. The van der Waals surface area contributed by atoms with Crippen molar-refractivity contribution in [2.45, 2.75) is 38.0 Å². The van der Waals surface area contributed by atoms with Crippen LogP contribution in [0.15, 0.2) is 29.3 Å². The molecule has 0 amide bonds. The first-order valence-corrected chi connectivity index (χ1v) is 9.87. The van der Waals surface area contributed by atoms with Crippen molar-refractivity contribution in [3.8, 4) is 0 Å². The van der Waals surface area contributed by atoms with E-state index in [1.54, 1.807) is 12.1 Å². The minimum Gasteiger partial charge on any atom is -0.357 e. The van der Waals surface area contributed by atoms with E-state index in [4.69, 9.17) is 4.99 Å². The van der Waals surface area contributed by atoms with Crippen molar-refractivity contribution < 1.29 is 4.39 Å². The van der Waals surface area contributed by atoms with Gasteiger partial charge in [0.15, 0.2) is 5.96 Å². The van der Waals surface area contributed by atoms with Crippen molar-refractivity contribution >= 4 is 17.7 Å². The molecule has 0 radical (unpaired) electrons. The minimum absolute atomic E-state index is 0.120. The smallest absolute Gasteiger partial charge is 0.191 e. The van der Waals surface area contributed by atoms with Crippen molar-refractivity contribution in [1.29, 1.82) is 0 Å². The molecule has 0 atom stereocenters. The Morgan fingerprint density at radius 2 is 1.96 bits per heavy atom. The molecule has 23 heavy (non-hydrogen) atoms. The zero-order chi connectivity index (χ0) is 16.5. The third-order valence-electron chi connectivity index (χ3n) is 4.26. The molecule has 1 aliphatic rings. The first-order chi connectivity index (χ1) is 11.2. The molecule has 1 fully saturated rings. The SMILES string of the molecule is CCNC(=NCC1(c2ccc(F)cc2)CC1)NCCCCSC. The average Bonchev–Trinajstić information content (AvgIpc) is 3.34. The summed E-state index contributed by atoms with van der Waals surface area (Å²) >= 11 is 1.89. The van der Waals surface area contributed by atoms with Crippen LogP contribution in [0.4, 0.5) is 4.39 Å². The van der Waals surface area contributed by atoms with Gasteiger partial charge in [-0.3, -0.25) is 4.99 Å². The topological polar surface area (TPSA) is 36.4 Å². The van der Waals surface area contributed by atoms with E-state index in [0.717, 1.165) is 44.9 Å². The molecule has 0 unspecified atom stereocenters. The first-order valence-electron chi connectivity index (χ1n) is 8.47. The van der Waals surface area contributed by atoms with Gasteiger partial charge < -0.3 is 10.6 Å². The van der Waals surface area contributed by atoms with Crippen molar-refractivity contribution in [3.63, 3.8) is 0 Å². The van der Waals surface area contributed by atoms with Gasteiger partial charge in [0.1, 0.15) is 5.82 Å². The molecule has 0 bridgehead atoms. The summed E-state index contributed by atoms with van der Waals surface area (Å²) in [5, 5.41) is 6.72. The van der Waals surface area contributed by atoms with Crippen LogP contribution in [0.5, 0.6) is 0 Å². The van der Waals surface area contributed by atoms with Gasteiger partial charge in [-0.1, -0.05) is 12.1 Å². The molecule has 0 spiro atoms. The Balaban J connectivity index is 1.87. The van der Waals surface area contributed by atoms with Gasteiger partial charge in [0.25, 0.3) is 0 Å². The van der Waals surface area contributed by atoms with Gasteiger partial charge in [-0.15, -0.1) is 0 Å². The summed E-state index contributed by atoms with van der Waals surface area (Å²) in [5.41, 5.74) is 1.33. The fraction of sp³-hybridized carbons (Fsp3) is 0.611. The second kappa shape index (κ2) is 9.16. The van der Waals surface area contributed by atoms with Crippen LogP contribution < -0.4 is 10.6 Å². The molecule has 0 aliphatic heterocycles. The number of unbranched alkanes of at least 4 members (excludes halogenated alkanes) is 1. The minimum atomic E-state index is -0.173. The summed E-state index contributed by atoms with van der Waals surface area (Å²) in [7, 11) is 0. The molecule has 1 aromatic carbocycles. The van der Waals surface area contributed by atoms with Gasteiger partial charge in [-0.05, 0) is 62.3 Å². The van der Waals surface area contributed by atoms with E-state index in [9.17, 15) is 4.39 Å². The number of nitrogens with one attached hydrogen (secondary N) is 2. The first kappa shape index (κ1) is 18.1. The van der Waals surface area contributed by atoms with E-state index < -0.39 is 0 Å². The number of guanidine groups is 1. The van der Waals surface area contributed by atoms with Crippen LogP contribution in [-0.4, -0.2) is 37.6 Å². The largest absolute Gasteiger partial charge is 0.357 e. The Kier molecular flexibility index (Phi) is 7.21. The molecule has 1 aromatic rings. The quantitative estimate of drug-likeness (QED) is 0.411. The van der Waals surface area contributed by atoms with Crippen molar-refractivity contribution in [2.75, 3.05) is 31.6 Å². The fourth-order valence-corrected chi connectivity index (χ4v) is 3.14. The zero-order valence-electron chi connectivity index (χ0n) is 14.2. The predicted octanol–water partition coefficient (Wildman–Crippen LogP) is 3.56. The van der Waals surface area contributed by atoms with Gasteiger partial charge >= 0.3 is 0 Å². The van der Waals surface area contributed by atoms with E-state index in [1.165, 1.54) is 17.7 Å². The monoisotopic (exact) mass is 337 g/mol. The molecule has 3 nitrogen and oxygen atoms in total. The summed E-state index contributed by atoms with van der Waals surface area (Å²) in [4.78, 5) is 4.76. The van der Waals surface area contributed by atoms with Gasteiger partial charge in [0.05, 0.1) is 6.54 Å². The molecule has 5 heteroatoms. The van der Waals surface area contributed by atoms with Crippen LogP contribution in [0, 0.1) is 5.82 Å². The van der Waals surface area contributed by atoms with E-state index in [0.29, 0.717) is 0 Å². The number of benzene rings is 1. The zero-order valence-corrected chi connectivity index (χ0v) is 15.0. The maximum absolute atomic E-state index is 13.1. The Bertz CT molecular complexity index is 497. The summed E-state index contributed by atoms with van der Waals surface area (Å²) in [5.74, 6) is 1.93. The highest BCUT2D eigenvalue weighted by Crippen LogP contribution is 2.48. The highest BCUT2D eigenvalue weighted by Gasteiger charge is 2.44. The Morgan fingerprint density at radius 1 is 1.22 bits per heavy atom. The molecule has 1 saturated carbocycles. The molecule has 0 heterocycles. The summed E-state index contributed by atoms with van der Waals surface area (Å²) in [6, 6.07) is 6.91. The molecule has 0 saturated heterocycles. The van der Waals surface area contributed by atoms with Crippen LogP contribution in [0.1, 0.15) is 38.2 Å². The normalized spacial score (nSPS) is 16.2. The summed E-state index contributed by atoms with van der Waals surface area (Å²) in [6.07, 6.45) is 6.80. The highest BCUT2D eigenvalue weighted by atomic mass is 32.2. The van der Waals surface area contributed by atoms with E-state index in [-0.39, 0.29) is 11.2 Å². The van der Waals surface area contributed by atoms with Crippen molar-refractivity contribution in [3.05, 3.63) is 35.6 Å². The second-order valence-corrected chi connectivity index (χ2v) is 7.09. The lowest BCUT2D eigenvalue weighted by atomic mass is 9.96. The molecule has 128 valence electrons. The molecule has 2 N–H and O–H groups in total. The number of thioether (sulfide) groups is 1. The number of hydrogen-bond donors (Lipinski definition) is 2. The number of nitrogens with zero attached hydrogens (tertiary/aromatic N) is 1. The molecule has 0 aromatic heterocycles. The Morgan fingerprint density at radius 3 is 2.57 bits per heavy atom. The van der Waals surface area contributed by atoms with Crippen LogP contribution in [-0.2, 0) is 5.41 Å². The van der Waals surface area contributed by atoms with Crippen LogP contribution in [0.2, 0.25) is 0 Å². The van der Waals surface area contributed by atoms with Gasteiger partial charge in [-0.25, -0.2) is 4.39 Å². The van der Waals surface area contributed by atoms with Crippen LogP contribution >= 0.6 is 11.8 Å². The summed E-state index contributed by atoms with van der Waals surface area (Å²) < 4.78 is 13.1. The third kappa shape index (κ3) is 5.72. The molecular weight excluding hydrogens is 309 g/mol. The average molecular weight is 338 g/mol. The standard InChI is InChI=1S/C18H28FN3S/c1-3-20-17(21-12-4-5-13-23-2)22-14-18(10-11-18)15-6-8-16(19)9-7-15/h6-9H,3-5,10-14H2,1-2H3,(H2,20,21,22). The molecule has 2 rings (SSSR count). The van der Waals surface area contributed by atoms with Crippen LogP contribution in [0.3, 0.4) is 0 Å². The van der Waals surface area contributed by atoms with Crippen molar-refractivity contribution in [2.24, 2.45) is 4.99 Å². The number of halogens is 1. The lowest BCUT2D eigenvalue weighted by Crippen LogP contribution is -2.38. The lowest BCUT2D eigenvalue weighted by Gasteiger charge is -2.16. The van der Waals surface area contributed by atoms with Gasteiger partial charge in [0, 0.05) is 18.5 Å². The van der Waals surface area contributed by atoms with Gasteiger partial charge in [-0.2, -0.15) is 11.8 Å². The fourth-order valence-electron chi connectivity index (χ4n) is 2.64. The van der Waals surface area contributed by atoms with Crippen LogP contribution in [0.25, 0.3) is 0 Å². The maximum atomic E-state index is 13.1. The predicted molar refractivity (Wildman–Crippen MR) is 98.9 cm³/mol. The second-order valence-electron chi connectivity index (χ2n) is 6.11. The molecule has 1 aliphatic carbocycles.